The maximum absolute atomic E-state index is 5.97. The standard InChI is InChI=1S/C12H17NOS/c1-8-2-3-10(14-8)11-12-9(4-6-13-11)5-7-15-12/h5,7-8,10-11,13H,2-4,6H2,1H3. The Balaban J connectivity index is 1.83. The Morgan fingerprint density at radius 2 is 2.40 bits per heavy atom. The van der Waals surface area contributed by atoms with Crippen LogP contribution in [-0.2, 0) is 11.2 Å². The summed E-state index contributed by atoms with van der Waals surface area (Å²) in [6.07, 6.45) is 4.44. The van der Waals surface area contributed by atoms with Gasteiger partial charge in [-0.25, -0.2) is 0 Å². The highest BCUT2D eigenvalue weighted by atomic mass is 32.1. The predicted octanol–water partition coefficient (Wildman–Crippen LogP) is 2.50. The summed E-state index contributed by atoms with van der Waals surface area (Å²) in [5.74, 6) is 0. The molecule has 2 aliphatic heterocycles. The summed E-state index contributed by atoms with van der Waals surface area (Å²) in [6.45, 7) is 3.28. The van der Waals surface area contributed by atoms with Crippen LogP contribution >= 0.6 is 11.3 Å². The second kappa shape index (κ2) is 3.89. The molecule has 2 nitrogen and oxygen atoms in total. The molecule has 1 aromatic heterocycles. The summed E-state index contributed by atoms with van der Waals surface area (Å²) >= 11 is 1.88. The van der Waals surface area contributed by atoms with Crippen LogP contribution in [0.4, 0.5) is 0 Å². The Bertz CT molecular complexity index is 349. The highest BCUT2D eigenvalue weighted by molar-refractivity contribution is 7.10. The molecule has 2 aliphatic rings. The Labute approximate surface area is 94.6 Å². The van der Waals surface area contributed by atoms with Crippen LogP contribution < -0.4 is 5.32 Å². The molecule has 0 radical (unpaired) electrons. The van der Waals surface area contributed by atoms with Crippen LogP contribution in [0.25, 0.3) is 0 Å². The smallest absolute Gasteiger partial charge is 0.0782 e. The highest BCUT2D eigenvalue weighted by Gasteiger charge is 2.33. The van der Waals surface area contributed by atoms with E-state index in [4.69, 9.17) is 4.74 Å². The zero-order valence-corrected chi connectivity index (χ0v) is 9.85. The van der Waals surface area contributed by atoms with Gasteiger partial charge in [-0.3, -0.25) is 0 Å². The Kier molecular flexibility index (Phi) is 2.54. The zero-order valence-electron chi connectivity index (χ0n) is 9.03. The number of rotatable bonds is 1. The lowest BCUT2D eigenvalue weighted by molar-refractivity contribution is 0.0310. The molecular weight excluding hydrogens is 206 g/mol. The molecule has 0 aliphatic carbocycles. The number of hydrogen-bond acceptors (Lipinski definition) is 3. The van der Waals surface area contributed by atoms with Crippen LogP contribution in [0.15, 0.2) is 11.4 Å². The van der Waals surface area contributed by atoms with E-state index >= 15 is 0 Å². The van der Waals surface area contributed by atoms with Gasteiger partial charge in [0.15, 0.2) is 0 Å². The fraction of sp³-hybridized carbons (Fsp3) is 0.667. The Hall–Kier alpha value is -0.380. The van der Waals surface area contributed by atoms with Gasteiger partial charge in [-0.05, 0) is 49.7 Å². The number of ether oxygens (including phenoxy) is 1. The maximum atomic E-state index is 5.97. The molecule has 0 spiro atoms. The molecular formula is C12H17NOS. The number of thiophene rings is 1. The number of hydrogen-bond donors (Lipinski definition) is 1. The molecule has 1 saturated heterocycles. The molecule has 3 heterocycles. The third kappa shape index (κ3) is 1.73. The molecule has 3 unspecified atom stereocenters. The van der Waals surface area contributed by atoms with Crippen molar-refractivity contribution in [3.8, 4) is 0 Å². The van der Waals surface area contributed by atoms with E-state index in [0.717, 1.165) is 6.54 Å². The molecule has 0 amide bonds. The van der Waals surface area contributed by atoms with Gasteiger partial charge in [0.05, 0.1) is 18.2 Å². The van der Waals surface area contributed by atoms with Crippen molar-refractivity contribution in [1.82, 2.24) is 5.32 Å². The van der Waals surface area contributed by atoms with E-state index in [0.29, 0.717) is 18.2 Å². The average Bonchev–Trinajstić information content (AvgIpc) is 2.84. The number of nitrogens with one attached hydrogen (secondary N) is 1. The topological polar surface area (TPSA) is 21.3 Å². The van der Waals surface area contributed by atoms with Gasteiger partial charge < -0.3 is 10.1 Å². The molecule has 3 rings (SSSR count). The molecule has 82 valence electrons. The van der Waals surface area contributed by atoms with Gasteiger partial charge in [-0.2, -0.15) is 0 Å². The van der Waals surface area contributed by atoms with Crippen LogP contribution in [0.1, 0.15) is 36.2 Å². The van der Waals surface area contributed by atoms with E-state index in [2.05, 4.69) is 23.7 Å². The maximum Gasteiger partial charge on any atom is 0.0782 e. The lowest BCUT2D eigenvalue weighted by Gasteiger charge is -2.28. The first-order chi connectivity index (χ1) is 7.34. The SMILES string of the molecule is CC1CCC(C2NCCc3ccsc32)O1. The van der Waals surface area contributed by atoms with Gasteiger partial charge in [-0.15, -0.1) is 11.3 Å². The van der Waals surface area contributed by atoms with Crippen molar-refractivity contribution >= 4 is 11.3 Å². The van der Waals surface area contributed by atoms with Crippen molar-refractivity contribution in [1.29, 1.82) is 0 Å². The van der Waals surface area contributed by atoms with Crippen LogP contribution in [0, 0.1) is 0 Å². The Morgan fingerprint density at radius 3 is 3.20 bits per heavy atom. The van der Waals surface area contributed by atoms with Gasteiger partial charge in [0.1, 0.15) is 0 Å². The minimum Gasteiger partial charge on any atom is -0.373 e. The largest absolute Gasteiger partial charge is 0.373 e. The van der Waals surface area contributed by atoms with Crippen molar-refractivity contribution in [2.45, 2.75) is 44.4 Å². The quantitative estimate of drug-likeness (QED) is 0.790. The van der Waals surface area contributed by atoms with E-state index < -0.39 is 0 Å². The average molecular weight is 223 g/mol. The first-order valence-corrected chi connectivity index (χ1v) is 6.67. The zero-order chi connectivity index (χ0) is 10.3. The van der Waals surface area contributed by atoms with Gasteiger partial charge in [0, 0.05) is 4.88 Å². The summed E-state index contributed by atoms with van der Waals surface area (Å²) in [5, 5.41) is 5.82. The third-order valence-electron chi connectivity index (χ3n) is 3.46. The minimum atomic E-state index is 0.401. The summed E-state index contributed by atoms with van der Waals surface area (Å²) < 4.78 is 5.97. The molecule has 0 aromatic carbocycles. The fourth-order valence-corrected chi connectivity index (χ4v) is 3.74. The second-order valence-corrected chi connectivity index (χ2v) is 5.50. The molecule has 15 heavy (non-hydrogen) atoms. The second-order valence-electron chi connectivity index (χ2n) is 4.55. The lowest BCUT2D eigenvalue weighted by Crippen LogP contribution is -2.36. The van der Waals surface area contributed by atoms with E-state index in [1.54, 1.807) is 0 Å². The summed E-state index contributed by atoms with van der Waals surface area (Å²) in [7, 11) is 0. The summed E-state index contributed by atoms with van der Waals surface area (Å²) in [6, 6.07) is 2.73. The van der Waals surface area contributed by atoms with E-state index in [1.165, 1.54) is 29.7 Å². The van der Waals surface area contributed by atoms with Gasteiger partial charge in [0.25, 0.3) is 0 Å². The predicted molar refractivity (Wildman–Crippen MR) is 62.3 cm³/mol. The Morgan fingerprint density at radius 1 is 1.47 bits per heavy atom. The van der Waals surface area contributed by atoms with Crippen molar-refractivity contribution < 1.29 is 4.74 Å². The molecule has 1 fully saturated rings. The van der Waals surface area contributed by atoms with Crippen molar-refractivity contribution in [2.24, 2.45) is 0 Å². The lowest BCUT2D eigenvalue weighted by atomic mass is 9.98. The first-order valence-electron chi connectivity index (χ1n) is 5.79. The van der Waals surface area contributed by atoms with Crippen LogP contribution in [-0.4, -0.2) is 18.8 Å². The third-order valence-corrected chi connectivity index (χ3v) is 4.50. The summed E-state index contributed by atoms with van der Waals surface area (Å²) in [4.78, 5) is 1.51. The van der Waals surface area contributed by atoms with E-state index in [1.807, 2.05) is 11.3 Å². The van der Waals surface area contributed by atoms with E-state index in [9.17, 15) is 0 Å². The van der Waals surface area contributed by atoms with Crippen LogP contribution in [0.3, 0.4) is 0 Å². The van der Waals surface area contributed by atoms with Gasteiger partial charge >= 0.3 is 0 Å². The normalized spacial score (nSPS) is 35.4. The summed E-state index contributed by atoms with van der Waals surface area (Å²) in [5.41, 5.74) is 1.53. The van der Waals surface area contributed by atoms with E-state index in [-0.39, 0.29) is 0 Å². The minimum absolute atomic E-state index is 0.401. The van der Waals surface area contributed by atoms with Crippen LogP contribution in [0.5, 0.6) is 0 Å². The number of fused-ring (bicyclic) bond motifs is 1. The van der Waals surface area contributed by atoms with Crippen molar-refractivity contribution in [3.63, 3.8) is 0 Å². The van der Waals surface area contributed by atoms with Gasteiger partial charge in [-0.1, -0.05) is 0 Å². The fourth-order valence-electron chi connectivity index (χ4n) is 2.66. The monoisotopic (exact) mass is 223 g/mol. The van der Waals surface area contributed by atoms with Crippen LogP contribution in [0.2, 0.25) is 0 Å². The van der Waals surface area contributed by atoms with Crippen molar-refractivity contribution in [2.75, 3.05) is 6.54 Å². The van der Waals surface area contributed by atoms with Crippen molar-refractivity contribution in [3.05, 3.63) is 21.9 Å². The molecule has 0 saturated carbocycles. The molecule has 3 atom stereocenters. The first kappa shape index (κ1) is 9.82. The molecule has 1 N–H and O–H groups in total. The molecule has 0 bridgehead atoms. The van der Waals surface area contributed by atoms with Gasteiger partial charge in [0.2, 0.25) is 0 Å². The highest BCUT2D eigenvalue weighted by Crippen LogP contribution is 2.36. The molecule has 3 heteroatoms. The molecule has 1 aromatic rings.